The first kappa shape index (κ1) is 25.9. The minimum absolute atomic E-state index is 0.0193. The molecule has 1 aliphatic heterocycles. The first-order valence-electron chi connectivity index (χ1n) is 7.28. The molecule has 0 saturated carbocycles. The summed E-state index contributed by atoms with van der Waals surface area (Å²) >= 11 is 1.55. The molecule has 0 bridgehead atoms. The molecule has 0 aliphatic carbocycles. The molecule has 1 aromatic heterocycles. The number of alkyl halides is 1. The van der Waals surface area contributed by atoms with Crippen LogP contribution >= 0.6 is 46.1 Å². The number of hydrogen-bond donors (Lipinski definition) is 6. The van der Waals surface area contributed by atoms with Crippen molar-refractivity contribution in [2.75, 3.05) is 6.61 Å². The van der Waals surface area contributed by atoms with Crippen molar-refractivity contribution in [3.8, 4) is 0 Å². The summed E-state index contributed by atoms with van der Waals surface area (Å²) in [5.74, 6) is 0. The molecule has 2 heterocycles. The van der Waals surface area contributed by atoms with Gasteiger partial charge in [0, 0.05) is 6.20 Å². The van der Waals surface area contributed by atoms with Gasteiger partial charge in [-0.15, -0.1) is 0 Å². The van der Waals surface area contributed by atoms with Gasteiger partial charge in [0.1, 0.15) is 12.2 Å². The third-order valence-corrected chi connectivity index (χ3v) is 7.88. The number of phosphoric ester groups is 1. The molecule has 172 valence electrons. The maximum Gasteiger partial charge on any atom is 0.490 e. The third kappa shape index (κ3) is 6.83. The summed E-state index contributed by atoms with van der Waals surface area (Å²) in [5.41, 5.74) is -1.83. The Kier molecular flexibility index (Phi) is 8.01. The van der Waals surface area contributed by atoms with Gasteiger partial charge in [-0.1, -0.05) is 0 Å². The Balaban J connectivity index is 2.09. The lowest BCUT2D eigenvalue weighted by atomic mass is 10.1. The average Bonchev–Trinajstić information content (AvgIpc) is 2.81. The van der Waals surface area contributed by atoms with E-state index in [0.29, 0.717) is 4.57 Å². The van der Waals surface area contributed by atoms with E-state index in [-0.39, 0.29) is 3.57 Å². The molecule has 1 aromatic rings. The molecular formula is C9H13FIN2O14P3. The van der Waals surface area contributed by atoms with Gasteiger partial charge in [0.25, 0.3) is 5.56 Å². The standard InChI is InChI=1S/C9H13FIN2O14P3/c10-5-6(14)4(25-8(5)13-1-3(11)7(15)12-9(13)16)2-24-29(20,21)27-30(22,23)26-28(17,18)19/h1,4-6,8,14H,2H2,(H,20,21)(H,22,23)(H,12,15,16)(H2,17,18,19)/t4-,5-,6-,8-/m1/s1. The maximum absolute atomic E-state index is 14.4. The van der Waals surface area contributed by atoms with Gasteiger partial charge >= 0.3 is 29.2 Å². The van der Waals surface area contributed by atoms with Crippen molar-refractivity contribution < 1.29 is 60.6 Å². The fraction of sp³-hybridized carbons (Fsp3) is 0.556. The highest BCUT2D eigenvalue weighted by molar-refractivity contribution is 14.1. The van der Waals surface area contributed by atoms with Crippen LogP contribution in [0.3, 0.4) is 0 Å². The Bertz CT molecular complexity index is 1050. The molecule has 16 nitrogen and oxygen atoms in total. The van der Waals surface area contributed by atoms with Crippen molar-refractivity contribution in [1.82, 2.24) is 9.55 Å². The predicted molar refractivity (Wildman–Crippen MR) is 98.7 cm³/mol. The van der Waals surface area contributed by atoms with Gasteiger partial charge in [-0.2, -0.15) is 8.62 Å². The fourth-order valence-electron chi connectivity index (χ4n) is 2.19. The van der Waals surface area contributed by atoms with E-state index in [0.717, 1.165) is 6.20 Å². The summed E-state index contributed by atoms with van der Waals surface area (Å²) in [4.78, 5) is 60.4. The number of nitrogens with zero attached hydrogens (tertiary/aromatic N) is 1. The van der Waals surface area contributed by atoms with Crippen LogP contribution in [0.5, 0.6) is 0 Å². The van der Waals surface area contributed by atoms with E-state index in [4.69, 9.17) is 19.4 Å². The molecule has 6 atom stereocenters. The summed E-state index contributed by atoms with van der Waals surface area (Å²) in [5, 5.41) is 9.87. The van der Waals surface area contributed by atoms with Gasteiger partial charge in [-0.3, -0.25) is 18.9 Å². The van der Waals surface area contributed by atoms with Gasteiger partial charge in [0.05, 0.1) is 10.2 Å². The van der Waals surface area contributed by atoms with Crippen molar-refractivity contribution in [2.45, 2.75) is 24.6 Å². The number of aliphatic hydroxyl groups excluding tert-OH is 1. The molecule has 0 aromatic carbocycles. The third-order valence-electron chi connectivity index (χ3n) is 3.31. The summed E-state index contributed by atoms with van der Waals surface area (Å²) in [6, 6.07) is 0. The first-order valence-corrected chi connectivity index (χ1v) is 12.9. The summed E-state index contributed by atoms with van der Waals surface area (Å²) < 4.78 is 64.7. The number of phosphoric acid groups is 3. The number of nitrogens with one attached hydrogen (secondary N) is 1. The molecule has 2 rings (SSSR count). The zero-order chi connectivity index (χ0) is 23.1. The van der Waals surface area contributed by atoms with Crippen molar-refractivity contribution in [1.29, 1.82) is 0 Å². The molecule has 30 heavy (non-hydrogen) atoms. The Morgan fingerprint density at radius 3 is 2.33 bits per heavy atom. The van der Waals surface area contributed by atoms with E-state index >= 15 is 0 Å². The van der Waals surface area contributed by atoms with Crippen molar-refractivity contribution in [2.24, 2.45) is 0 Å². The molecule has 21 heteroatoms. The van der Waals surface area contributed by atoms with Crippen LogP contribution in [0.2, 0.25) is 0 Å². The molecule has 0 amide bonds. The van der Waals surface area contributed by atoms with E-state index in [1.165, 1.54) is 0 Å². The zero-order valence-corrected chi connectivity index (χ0v) is 18.9. The molecule has 1 saturated heterocycles. The number of aromatic amines is 1. The van der Waals surface area contributed by atoms with Gasteiger partial charge in [-0.05, 0) is 22.6 Å². The molecule has 6 N–H and O–H groups in total. The fourth-order valence-corrected chi connectivity index (χ4v) is 5.65. The topological polar surface area (TPSA) is 244 Å². The van der Waals surface area contributed by atoms with Gasteiger partial charge < -0.3 is 29.4 Å². The number of H-pyrrole nitrogens is 1. The SMILES string of the molecule is O=c1[nH]c(=O)n([C@@H]2O[C@H](COP(=O)(O)OP(=O)(O)OP(=O)(O)O)[C@@H](O)[C@H]2F)cc1I. The second kappa shape index (κ2) is 9.27. The number of aliphatic hydroxyl groups is 1. The van der Waals surface area contributed by atoms with E-state index in [2.05, 4.69) is 13.1 Å². The normalized spacial score (nSPS) is 28.8. The van der Waals surface area contributed by atoms with Crippen LogP contribution in [-0.2, 0) is 31.6 Å². The lowest BCUT2D eigenvalue weighted by Crippen LogP contribution is -2.37. The zero-order valence-electron chi connectivity index (χ0n) is 14.0. The smallest absolute Gasteiger partial charge is 0.387 e. The largest absolute Gasteiger partial charge is 0.490 e. The Labute approximate surface area is 178 Å². The number of halogens is 2. The van der Waals surface area contributed by atoms with Crippen LogP contribution in [0.1, 0.15) is 6.23 Å². The second-order valence-electron chi connectivity index (χ2n) is 5.53. The Hall–Kier alpha value is -0.330. The van der Waals surface area contributed by atoms with Crippen LogP contribution in [0.15, 0.2) is 15.8 Å². The molecular weight excluding hydrogens is 599 g/mol. The van der Waals surface area contributed by atoms with Gasteiger partial charge in [0.15, 0.2) is 12.4 Å². The molecule has 1 aliphatic rings. The monoisotopic (exact) mass is 612 g/mol. The van der Waals surface area contributed by atoms with E-state index < -0.39 is 65.9 Å². The number of rotatable bonds is 8. The van der Waals surface area contributed by atoms with Crippen molar-refractivity contribution in [3.63, 3.8) is 0 Å². The van der Waals surface area contributed by atoms with Gasteiger partial charge in [-0.25, -0.2) is 22.9 Å². The van der Waals surface area contributed by atoms with Crippen LogP contribution < -0.4 is 11.2 Å². The van der Waals surface area contributed by atoms with Crippen LogP contribution in [0.4, 0.5) is 4.39 Å². The lowest BCUT2D eigenvalue weighted by molar-refractivity contribution is -0.0483. The maximum atomic E-state index is 14.4. The lowest BCUT2D eigenvalue weighted by Gasteiger charge is -2.19. The Morgan fingerprint density at radius 2 is 1.77 bits per heavy atom. The van der Waals surface area contributed by atoms with E-state index in [9.17, 15) is 37.7 Å². The molecule has 1 fully saturated rings. The molecule has 0 radical (unpaired) electrons. The number of hydrogen-bond acceptors (Lipinski definition) is 10. The average molecular weight is 612 g/mol. The number of aromatic nitrogens is 2. The van der Waals surface area contributed by atoms with E-state index in [1.54, 1.807) is 22.6 Å². The second-order valence-corrected chi connectivity index (χ2v) is 11.1. The predicted octanol–water partition coefficient (Wildman–Crippen LogP) is -0.919. The summed E-state index contributed by atoms with van der Waals surface area (Å²) in [6.45, 7) is -1.13. The highest BCUT2D eigenvalue weighted by Crippen LogP contribution is 2.66. The summed E-state index contributed by atoms with van der Waals surface area (Å²) in [7, 11) is -16.9. The highest BCUT2D eigenvalue weighted by Gasteiger charge is 2.47. The minimum atomic E-state index is -5.76. The quantitative estimate of drug-likeness (QED) is 0.154. The van der Waals surface area contributed by atoms with Crippen molar-refractivity contribution >= 4 is 46.1 Å². The Morgan fingerprint density at radius 1 is 1.17 bits per heavy atom. The van der Waals surface area contributed by atoms with Crippen LogP contribution in [0.25, 0.3) is 0 Å². The van der Waals surface area contributed by atoms with Crippen LogP contribution in [-0.4, -0.2) is 59.2 Å². The number of ether oxygens (including phenoxy) is 1. The molecule has 0 spiro atoms. The van der Waals surface area contributed by atoms with Crippen LogP contribution in [0, 0.1) is 3.57 Å². The first-order chi connectivity index (χ1) is 13.5. The molecule has 2 unspecified atom stereocenters. The van der Waals surface area contributed by atoms with Crippen molar-refractivity contribution in [3.05, 3.63) is 30.6 Å². The summed E-state index contributed by atoms with van der Waals surface area (Å²) in [6.07, 6.45) is -6.81. The van der Waals surface area contributed by atoms with E-state index in [1.807, 2.05) is 4.98 Å². The van der Waals surface area contributed by atoms with Gasteiger partial charge in [0.2, 0.25) is 0 Å². The highest BCUT2D eigenvalue weighted by atomic mass is 127. The minimum Gasteiger partial charge on any atom is -0.387 e.